The number of anilines is 1. The molecule has 126 valence electrons. The van der Waals surface area contributed by atoms with E-state index in [0.29, 0.717) is 10.5 Å². The van der Waals surface area contributed by atoms with Crippen LogP contribution in [0.25, 0.3) is 6.08 Å². The van der Waals surface area contributed by atoms with Gasteiger partial charge in [-0.3, -0.25) is 9.69 Å². The third kappa shape index (κ3) is 3.35. The maximum atomic E-state index is 12.6. The molecule has 0 bridgehead atoms. The number of aromatic carboxylic acids is 1. The summed E-state index contributed by atoms with van der Waals surface area (Å²) in [4.78, 5) is 25.1. The van der Waals surface area contributed by atoms with Gasteiger partial charge < -0.3 is 15.3 Å². The SMILES string of the molecule is O=C(O)c1ccc(N2C(=O)/C(=C/c3ccc(O)cc3)SC2=S)cc1[O-]. The van der Waals surface area contributed by atoms with E-state index in [1.807, 2.05) is 0 Å². The number of amides is 1. The number of carboxylic acid groups (broad SMARTS) is 1. The molecule has 1 amide bonds. The molecule has 3 rings (SSSR count). The average molecular weight is 372 g/mol. The zero-order chi connectivity index (χ0) is 18.1. The van der Waals surface area contributed by atoms with Crippen molar-refractivity contribution < 1.29 is 24.9 Å². The van der Waals surface area contributed by atoms with Gasteiger partial charge in [0.15, 0.2) is 4.32 Å². The number of phenols is 1. The molecule has 2 aromatic rings. The van der Waals surface area contributed by atoms with Gasteiger partial charge in [-0.1, -0.05) is 41.9 Å². The minimum absolute atomic E-state index is 0.117. The number of hydrogen-bond acceptors (Lipinski definition) is 6. The summed E-state index contributed by atoms with van der Waals surface area (Å²) in [6.07, 6.45) is 1.63. The van der Waals surface area contributed by atoms with Gasteiger partial charge in [0.2, 0.25) is 0 Å². The minimum Gasteiger partial charge on any atom is -0.872 e. The Balaban J connectivity index is 1.93. The summed E-state index contributed by atoms with van der Waals surface area (Å²) in [5, 5.41) is 30.1. The maximum absolute atomic E-state index is 12.6. The molecule has 0 aliphatic carbocycles. The van der Waals surface area contributed by atoms with Gasteiger partial charge in [0, 0.05) is 0 Å². The van der Waals surface area contributed by atoms with E-state index in [1.54, 1.807) is 18.2 Å². The molecule has 1 aliphatic heterocycles. The lowest BCUT2D eigenvalue weighted by Crippen LogP contribution is -2.27. The first-order valence-corrected chi connectivity index (χ1v) is 8.20. The zero-order valence-electron chi connectivity index (χ0n) is 12.5. The summed E-state index contributed by atoms with van der Waals surface area (Å²) in [6.45, 7) is 0. The second-order valence-electron chi connectivity index (χ2n) is 5.09. The van der Waals surface area contributed by atoms with Crippen LogP contribution < -0.4 is 10.0 Å². The number of aromatic hydroxyl groups is 1. The molecule has 1 heterocycles. The van der Waals surface area contributed by atoms with Crippen molar-refractivity contribution in [1.29, 1.82) is 0 Å². The Hall–Kier alpha value is -2.84. The lowest BCUT2D eigenvalue weighted by molar-refractivity contribution is -0.268. The average Bonchev–Trinajstić information content (AvgIpc) is 2.83. The molecule has 0 aromatic heterocycles. The van der Waals surface area contributed by atoms with Crippen molar-refractivity contribution in [3.63, 3.8) is 0 Å². The Morgan fingerprint density at radius 2 is 1.88 bits per heavy atom. The van der Waals surface area contributed by atoms with E-state index in [-0.39, 0.29) is 21.3 Å². The van der Waals surface area contributed by atoms with Crippen LogP contribution in [0.5, 0.6) is 11.5 Å². The van der Waals surface area contributed by atoms with E-state index in [2.05, 4.69) is 0 Å². The largest absolute Gasteiger partial charge is 0.872 e. The number of benzene rings is 2. The molecular formula is C17H10NO5S2-. The number of nitrogens with zero attached hydrogens (tertiary/aromatic N) is 1. The summed E-state index contributed by atoms with van der Waals surface area (Å²) in [5.41, 5.74) is 0.574. The Kier molecular flexibility index (Phi) is 4.47. The summed E-state index contributed by atoms with van der Waals surface area (Å²) in [6, 6.07) is 9.92. The molecule has 0 spiro atoms. The highest BCUT2D eigenvalue weighted by atomic mass is 32.2. The molecule has 0 saturated carbocycles. The van der Waals surface area contributed by atoms with Crippen molar-refractivity contribution in [2.75, 3.05) is 4.90 Å². The quantitative estimate of drug-likeness (QED) is 0.631. The van der Waals surface area contributed by atoms with E-state index in [4.69, 9.17) is 17.3 Å². The Morgan fingerprint density at radius 3 is 2.48 bits per heavy atom. The van der Waals surface area contributed by atoms with Crippen LogP contribution in [0.15, 0.2) is 47.4 Å². The van der Waals surface area contributed by atoms with Gasteiger partial charge in [0.1, 0.15) is 5.75 Å². The van der Waals surface area contributed by atoms with Crippen LogP contribution in [0.3, 0.4) is 0 Å². The number of carboxylic acids is 1. The van der Waals surface area contributed by atoms with Crippen LogP contribution in [0.2, 0.25) is 0 Å². The number of carbonyl (C=O) groups is 2. The van der Waals surface area contributed by atoms with Gasteiger partial charge in [-0.25, -0.2) is 4.79 Å². The number of thioether (sulfide) groups is 1. The van der Waals surface area contributed by atoms with Crippen molar-refractivity contribution in [1.82, 2.24) is 0 Å². The Morgan fingerprint density at radius 1 is 1.20 bits per heavy atom. The van der Waals surface area contributed by atoms with Gasteiger partial charge in [-0.15, -0.1) is 0 Å². The second-order valence-corrected chi connectivity index (χ2v) is 6.77. The lowest BCUT2D eigenvalue weighted by atomic mass is 10.1. The van der Waals surface area contributed by atoms with E-state index >= 15 is 0 Å². The van der Waals surface area contributed by atoms with Gasteiger partial charge in [-0.2, -0.15) is 0 Å². The van der Waals surface area contributed by atoms with Crippen LogP contribution >= 0.6 is 24.0 Å². The lowest BCUT2D eigenvalue weighted by Gasteiger charge is -2.18. The molecule has 2 aromatic carbocycles. The molecule has 0 radical (unpaired) electrons. The fraction of sp³-hybridized carbons (Fsp3) is 0. The van der Waals surface area contributed by atoms with Crippen LogP contribution in [-0.2, 0) is 4.79 Å². The third-order valence-electron chi connectivity index (χ3n) is 3.44. The molecule has 2 N–H and O–H groups in total. The van der Waals surface area contributed by atoms with Crippen LogP contribution in [0.4, 0.5) is 5.69 Å². The van der Waals surface area contributed by atoms with Crippen molar-refractivity contribution in [3.8, 4) is 11.5 Å². The fourth-order valence-electron chi connectivity index (χ4n) is 2.24. The molecule has 6 nitrogen and oxygen atoms in total. The zero-order valence-corrected chi connectivity index (χ0v) is 14.1. The van der Waals surface area contributed by atoms with Gasteiger partial charge in [0.05, 0.1) is 16.2 Å². The van der Waals surface area contributed by atoms with E-state index in [9.17, 15) is 19.8 Å². The molecule has 0 unspecified atom stereocenters. The molecule has 1 fully saturated rings. The second kappa shape index (κ2) is 6.58. The molecule has 8 heteroatoms. The van der Waals surface area contributed by atoms with Crippen molar-refractivity contribution >= 4 is 51.9 Å². The van der Waals surface area contributed by atoms with Crippen LogP contribution in [0, 0.1) is 0 Å². The first-order valence-electron chi connectivity index (χ1n) is 6.98. The monoisotopic (exact) mass is 372 g/mol. The van der Waals surface area contributed by atoms with Crippen LogP contribution in [-0.4, -0.2) is 26.4 Å². The summed E-state index contributed by atoms with van der Waals surface area (Å²) in [5.74, 6) is -2.30. The molecular weight excluding hydrogens is 362 g/mol. The number of thiocarbonyl (C=S) groups is 1. The summed E-state index contributed by atoms with van der Waals surface area (Å²) < 4.78 is 0.248. The molecule has 25 heavy (non-hydrogen) atoms. The van der Waals surface area contributed by atoms with Crippen molar-refractivity contribution in [2.24, 2.45) is 0 Å². The Labute approximate surface area is 152 Å². The maximum Gasteiger partial charge on any atom is 0.335 e. The topological polar surface area (TPSA) is 101 Å². The predicted octanol–water partition coefficient (Wildman–Crippen LogP) is 2.57. The molecule has 0 atom stereocenters. The highest BCUT2D eigenvalue weighted by Gasteiger charge is 2.33. The summed E-state index contributed by atoms with van der Waals surface area (Å²) >= 11 is 6.29. The van der Waals surface area contributed by atoms with E-state index < -0.39 is 17.6 Å². The number of rotatable bonds is 3. The first-order chi connectivity index (χ1) is 11.9. The molecule has 1 saturated heterocycles. The van der Waals surface area contributed by atoms with Crippen LogP contribution in [0.1, 0.15) is 15.9 Å². The Bertz CT molecular complexity index is 921. The fourth-order valence-corrected chi connectivity index (χ4v) is 3.54. The highest BCUT2D eigenvalue weighted by Crippen LogP contribution is 2.37. The van der Waals surface area contributed by atoms with E-state index in [0.717, 1.165) is 23.9 Å². The van der Waals surface area contributed by atoms with E-state index in [1.165, 1.54) is 23.1 Å². The number of phenolic OH excluding ortho intramolecular Hbond substituents is 1. The number of hydrogen-bond donors (Lipinski definition) is 2. The van der Waals surface area contributed by atoms with Gasteiger partial charge >= 0.3 is 5.97 Å². The summed E-state index contributed by atoms with van der Waals surface area (Å²) in [7, 11) is 0. The normalized spacial score (nSPS) is 15.8. The minimum atomic E-state index is -1.32. The first kappa shape index (κ1) is 17.0. The number of carbonyl (C=O) groups excluding carboxylic acids is 1. The van der Waals surface area contributed by atoms with Gasteiger partial charge in [0.25, 0.3) is 5.91 Å². The third-order valence-corrected chi connectivity index (χ3v) is 4.74. The molecule has 1 aliphatic rings. The smallest absolute Gasteiger partial charge is 0.335 e. The van der Waals surface area contributed by atoms with Gasteiger partial charge in [-0.05, 0) is 42.0 Å². The standard InChI is InChI=1S/C17H11NO5S2/c19-11-4-1-9(2-5-11)7-14-15(21)18(17(24)25-14)10-3-6-12(16(22)23)13(20)8-10/h1-8,19-20H,(H,22,23)/p-1/b14-7-. The van der Waals surface area contributed by atoms with Crippen molar-refractivity contribution in [3.05, 3.63) is 58.5 Å². The highest BCUT2D eigenvalue weighted by molar-refractivity contribution is 8.27. The predicted molar refractivity (Wildman–Crippen MR) is 96.6 cm³/mol. The van der Waals surface area contributed by atoms with Crippen molar-refractivity contribution in [2.45, 2.75) is 0 Å².